The van der Waals surface area contributed by atoms with Gasteiger partial charge in [0, 0.05) is 13.1 Å². The minimum Gasteiger partial charge on any atom is -0.378 e. The highest BCUT2D eigenvalue weighted by atomic mass is 35.5. The number of benzene rings is 1. The number of nitrogens with zero attached hydrogens (tertiary/aromatic N) is 2. The Morgan fingerprint density at radius 3 is 2.52 bits per heavy atom. The van der Waals surface area contributed by atoms with Crippen molar-refractivity contribution in [2.75, 3.05) is 31.2 Å². The van der Waals surface area contributed by atoms with E-state index in [0.29, 0.717) is 18.4 Å². The van der Waals surface area contributed by atoms with E-state index in [1.807, 2.05) is 6.07 Å². The summed E-state index contributed by atoms with van der Waals surface area (Å²) in [5.74, 6) is 0.357. The standard InChI is InChI=1S/C15H13Cl2FN2O/c16-12-7-10(1-2-13(12)18)11-8-14(17)19-15(9-11)20-3-5-21-6-4-20/h1-2,7-9H,3-6H2. The van der Waals surface area contributed by atoms with Gasteiger partial charge in [0.2, 0.25) is 0 Å². The first-order chi connectivity index (χ1) is 10.1. The van der Waals surface area contributed by atoms with Crippen molar-refractivity contribution >= 4 is 29.0 Å². The van der Waals surface area contributed by atoms with Crippen LogP contribution in [0.5, 0.6) is 0 Å². The minimum absolute atomic E-state index is 0.0911. The predicted molar refractivity (Wildman–Crippen MR) is 82.7 cm³/mol. The molecule has 1 aromatic heterocycles. The first-order valence-electron chi connectivity index (χ1n) is 6.59. The molecule has 0 spiro atoms. The molecule has 1 aromatic carbocycles. The zero-order valence-electron chi connectivity index (χ0n) is 11.2. The summed E-state index contributed by atoms with van der Waals surface area (Å²) in [4.78, 5) is 6.47. The molecule has 1 aliphatic rings. The first-order valence-corrected chi connectivity index (χ1v) is 7.35. The van der Waals surface area contributed by atoms with Crippen molar-refractivity contribution in [2.45, 2.75) is 0 Å². The molecule has 0 aliphatic carbocycles. The number of pyridine rings is 1. The van der Waals surface area contributed by atoms with Crippen LogP contribution in [0.4, 0.5) is 10.2 Å². The predicted octanol–water partition coefficient (Wildman–Crippen LogP) is 4.03. The molecule has 110 valence electrons. The third kappa shape index (κ3) is 3.28. The fourth-order valence-electron chi connectivity index (χ4n) is 2.28. The van der Waals surface area contributed by atoms with Gasteiger partial charge in [-0.25, -0.2) is 9.37 Å². The molecule has 0 unspecified atom stereocenters. The summed E-state index contributed by atoms with van der Waals surface area (Å²) in [6.45, 7) is 2.89. The number of aromatic nitrogens is 1. The highest BCUT2D eigenvalue weighted by Crippen LogP contribution is 2.29. The molecule has 1 fully saturated rings. The summed E-state index contributed by atoms with van der Waals surface area (Å²) < 4.78 is 18.6. The minimum atomic E-state index is -0.436. The lowest BCUT2D eigenvalue weighted by atomic mass is 10.1. The van der Waals surface area contributed by atoms with Crippen molar-refractivity contribution in [3.05, 3.63) is 46.3 Å². The molecule has 3 nitrogen and oxygen atoms in total. The van der Waals surface area contributed by atoms with Gasteiger partial charge < -0.3 is 9.64 Å². The van der Waals surface area contributed by atoms with Crippen LogP contribution in [0.2, 0.25) is 10.2 Å². The summed E-state index contributed by atoms with van der Waals surface area (Å²) in [6, 6.07) is 8.29. The number of hydrogen-bond acceptors (Lipinski definition) is 3. The Labute approximate surface area is 132 Å². The zero-order valence-corrected chi connectivity index (χ0v) is 12.7. The molecular formula is C15H13Cl2FN2O. The quantitative estimate of drug-likeness (QED) is 0.779. The molecule has 2 aromatic rings. The fourth-order valence-corrected chi connectivity index (χ4v) is 2.66. The van der Waals surface area contributed by atoms with Gasteiger partial charge in [0.05, 0.1) is 18.2 Å². The molecule has 1 saturated heterocycles. The summed E-state index contributed by atoms with van der Waals surface area (Å²) in [5.41, 5.74) is 1.67. The molecule has 3 rings (SSSR count). The highest BCUT2D eigenvalue weighted by molar-refractivity contribution is 6.31. The second-order valence-electron chi connectivity index (χ2n) is 4.77. The van der Waals surface area contributed by atoms with Gasteiger partial charge in [0.25, 0.3) is 0 Å². The summed E-state index contributed by atoms with van der Waals surface area (Å²) in [5, 5.41) is 0.489. The Balaban J connectivity index is 1.98. The van der Waals surface area contributed by atoms with Gasteiger partial charge in [0.15, 0.2) is 0 Å². The van der Waals surface area contributed by atoms with Crippen LogP contribution in [-0.4, -0.2) is 31.3 Å². The second kappa shape index (κ2) is 6.18. The van der Waals surface area contributed by atoms with Crippen molar-refractivity contribution < 1.29 is 9.13 Å². The van der Waals surface area contributed by atoms with Gasteiger partial charge in [-0.05, 0) is 35.4 Å². The normalized spacial score (nSPS) is 15.3. The molecule has 6 heteroatoms. The SMILES string of the molecule is Fc1ccc(-c2cc(Cl)nc(N3CCOCC3)c2)cc1Cl. The van der Waals surface area contributed by atoms with Crippen molar-refractivity contribution in [3.63, 3.8) is 0 Å². The lowest BCUT2D eigenvalue weighted by Gasteiger charge is -2.28. The molecule has 0 N–H and O–H groups in total. The summed E-state index contributed by atoms with van der Waals surface area (Å²) >= 11 is 12.0. The third-order valence-corrected chi connectivity index (χ3v) is 3.85. The molecule has 1 aliphatic heterocycles. The Kier molecular flexibility index (Phi) is 4.29. The molecular weight excluding hydrogens is 314 g/mol. The third-order valence-electron chi connectivity index (χ3n) is 3.37. The van der Waals surface area contributed by atoms with Crippen LogP contribution in [0.1, 0.15) is 0 Å². The van der Waals surface area contributed by atoms with Gasteiger partial charge in [-0.2, -0.15) is 0 Å². The first kappa shape index (κ1) is 14.6. The highest BCUT2D eigenvalue weighted by Gasteiger charge is 2.14. The van der Waals surface area contributed by atoms with Crippen molar-refractivity contribution in [3.8, 4) is 11.1 Å². The largest absolute Gasteiger partial charge is 0.378 e. The Bertz CT molecular complexity index is 660. The maximum Gasteiger partial charge on any atom is 0.141 e. The maximum absolute atomic E-state index is 13.3. The lowest BCUT2D eigenvalue weighted by molar-refractivity contribution is 0.122. The molecule has 0 radical (unpaired) electrons. The van der Waals surface area contributed by atoms with E-state index in [-0.39, 0.29) is 5.02 Å². The van der Waals surface area contributed by atoms with Crippen LogP contribution >= 0.6 is 23.2 Å². The van der Waals surface area contributed by atoms with E-state index in [0.717, 1.165) is 30.0 Å². The number of rotatable bonds is 2. The Morgan fingerprint density at radius 1 is 1.05 bits per heavy atom. The number of hydrogen-bond donors (Lipinski definition) is 0. The van der Waals surface area contributed by atoms with Gasteiger partial charge in [-0.1, -0.05) is 29.3 Å². The van der Waals surface area contributed by atoms with E-state index in [9.17, 15) is 4.39 Å². The van der Waals surface area contributed by atoms with Gasteiger partial charge in [-0.15, -0.1) is 0 Å². The Hall–Kier alpha value is -1.36. The summed E-state index contributed by atoms with van der Waals surface area (Å²) in [7, 11) is 0. The molecule has 0 amide bonds. The topological polar surface area (TPSA) is 25.4 Å². The van der Waals surface area contributed by atoms with Gasteiger partial charge in [0.1, 0.15) is 16.8 Å². The van der Waals surface area contributed by atoms with E-state index in [4.69, 9.17) is 27.9 Å². The van der Waals surface area contributed by atoms with E-state index in [1.165, 1.54) is 6.07 Å². The lowest BCUT2D eigenvalue weighted by Crippen LogP contribution is -2.36. The van der Waals surface area contributed by atoms with E-state index in [1.54, 1.807) is 18.2 Å². The van der Waals surface area contributed by atoms with Crippen LogP contribution in [0.3, 0.4) is 0 Å². The van der Waals surface area contributed by atoms with Crippen LogP contribution in [0.15, 0.2) is 30.3 Å². The van der Waals surface area contributed by atoms with E-state index >= 15 is 0 Å². The molecule has 0 atom stereocenters. The van der Waals surface area contributed by atoms with Crippen LogP contribution in [0.25, 0.3) is 11.1 Å². The van der Waals surface area contributed by atoms with Crippen LogP contribution in [0, 0.1) is 5.82 Å². The maximum atomic E-state index is 13.3. The monoisotopic (exact) mass is 326 g/mol. The van der Waals surface area contributed by atoms with Gasteiger partial charge in [-0.3, -0.25) is 0 Å². The number of halogens is 3. The van der Waals surface area contributed by atoms with Crippen molar-refractivity contribution in [2.24, 2.45) is 0 Å². The van der Waals surface area contributed by atoms with Gasteiger partial charge >= 0.3 is 0 Å². The molecule has 2 heterocycles. The average molecular weight is 327 g/mol. The number of anilines is 1. The number of morpholine rings is 1. The van der Waals surface area contributed by atoms with Crippen LogP contribution in [-0.2, 0) is 4.74 Å². The van der Waals surface area contributed by atoms with Crippen molar-refractivity contribution in [1.29, 1.82) is 0 Å². The fraction of sp³-hybridized carbons (Fsp3) is 0.267. The second-order valence-corrected chi connectivity index (χ2v) is 5.56. The van der Waals surface area contributed by atoms with Crippen LogP contribution < -0.4 is 4.90 Å². The number of ether oxygens (including phenoxy) is 1. The molecule has 21 heavy (non-hydrogen) atoms. The molecule has 0 saturated carbocycles. The van der Waals surface area contributed by atoms with Crippen molar-refractivity contribution in [1.82, 2.24) is 4.98 Å². The zero-order chi connectivity index (χ0) is 14.8. The Morgan fingerprint density at radius 2 is 1.81 bits per heavy atom. The van der Waals surface area contributed by atoms with E-state index < -0.39 is 5.82 Å². The summed E-state index contributed by atoms with van der Waals surface area (Å²) in [6.07, 6.45) is 0. The average Bonchev–Trinajstić information content (AvgIpc) is 2.50. The van der Waals surface area contributed by atoms with E-state index in [2.05, 4.69) is 9.88 Å². The smallest absolute Gasteiger partial charge is 0.141 e. The molecule has 0 bridgehead atoms.